The van der Waals surface area contributed by atoms with Crippen molar-refractivity contribution in [1.82, 2.24) is 4.83 Å². The van der Waals surface area contributed by atoms with Crippen molar-refractivity contribution < 1.29 is 8.42 Å². The smallest absolute Gasteiger partial charge is 0.200 e. The summed E-state index contributed by atoms with van der Waals surface area (Å²) in [5.74, 6) is 0. The maximum absolute atomic E-state index is 11.7. The van der Waals surface area contributed by atoms with Gasteiger partial charge in [0, 0.05) is 0 Å². The summed E-state index contributed by atoms with van der Waals surface area (Å²) >= 11 is 0. The fourth-order valence-electron chi connectivity index (χ4n) is 0.976. The fourth-order valence-corrected chi connectivity index (χ4v) is 1.77. The van der Waals surface area contributed by atoms with E-state index in [1.165, 1.54) is 18.3 Å². The summed E-state index contributed by atoms with van der Waals surface area (Å²) in [7, 11) is -3.56. The van der Waals surface area contributed by atoms with E-state index in [0.29, 0.717) is 5.57 Å². The van der Waals surface area contributed by atoms with E-state index in [9.17, 15) is 8.42 Å². The molecule has 1 aromatic rings. The molecule has 0 aromatic heterocycles. The first-order valence-corrected chi connectivity index (χ1v) is 6.17. The normalized spacial score (nSPS) is 11.6. The molecule has 0 amide bonds. The zero-order valence-corrected chi connectivity index (χ0v) is 10.1. The zero-order valence-electron chi connectivity index (χ0n) is 9.27. The number of allylic oxidation sites excluding steroid dienone is 1. The lowest BCUT2D eigenvalue weighted by Gasteiger charge is -2.03. The van der Waals surface area contributed by atoms with Gasteiger partial charge in [0.05, 0.1) is 11.1 Å². The number of nitrogens with zero attached hydrogens (tertiary/aromatic N) is 1. The van der Waals surface area contributed by atoms with Gasteiger partial charge >= 0.3 is 0 Å². The molecule has 0 saturated heterocycles. The van der Waals surface area contributed by atoms with Crippen molar-refractivity contribution in [2.45, 2.75) is 18.7 Å². The predicted octanol–water partition coefficient (Wildman–Crippen LogP) is 1.84. The minimum atomic E-state index is -3.56. The Balaban J connectivity index is 2.86. The molecule has 0 radical (unpaired) electrons. The molecule has 0 aliphatic rings. The highest BCUT2D eigenvalue weighted by atomic mass is 32.2. The van der Waals surface area contributed by atoms with Crippen LogP contribution in [0.4, 0.5) is 0 Å². The van der Waals surface area contributed by atoms with Crippen molar-refractivity contribution in [2.75, 3.05) is 0 Å². The number of benzene rings is 1. The van der Waals surface area contributed by atoms with Crippen LogP contribution in [0.3, 0.4) is 0 Å². The summed E-state index contributed by atoms with van der Waals surface area (Å²) in [6.45, 7) is 7.19. The van der Waals surface area contributed by atoms with Crippen molar-refractivity contribution in [3.63, 3.8) is 0 Å². The molecule has 0 heterocycles. The predicted molar refractivity (Wildman–Crippen MR) is 64.8 cm³/mol. The number of nitrogens with one attached hydrogen (secondary N) is 1. The second-order valence-corrected chi connectivity index (χ2v) is 5.17. The van der Waals surface area contributed by atoms with E-state index in [1.807, 2.05) is 6.92 Å². The maximum Gasteiger partial charge on any atom is 0.276 e. The summed E-state index contributed by atoms with van der Waals surface area (Å²) < 4.78 is 23.3. The minimum Gasteiger partial charge on any atom is -0.200 e. The Morgan fingerprint density at radius 1 is 1.38 bits per heavy atom. The topological polar surface area (TPSA) is 58.5 Å². The third kappa shape index (κ3) is 3.51. The second-order valence-electron chi connectivity index (χ2n) is 3.51. The third-order valence-electron chi connectivity index (χ3n) is 1.79. The van der Waals surface area contributed by atoms with Crippen LogP contribution < -0.4 is 4.83 Å². The minimum absolute atomic E-state index is 0.192. The van der Waals surface area contributed by atoms with Crippen LogP contribution in [0.1, 0.15) is 12.5 Å². The first-order valence-electron chi connectivity index (χ1n) is 4.69. The van der Waals surface area contributed by atoms with Crippen LogP contribution in [0.25, 0.3) is 0 Å². The van der Waals surface area contributed by atoms with Gasteiger partial charge in [-0.3, -0.25) is 0 Å². The van der Waals surface area contributed by atoms with E-state index in [-0.39, 0.29) is 4.90 Å². The highest BCUT2D eigenvalue weighted by Gasteiger charge is 2.11. The molecule has 0 spiro atoms. The number of aryl methyl sites for hydroxylation is 1. The van der Waals surface area contributed by atoms with Crippen molar-refractivity contribution in [3.05, 3.63) is 42.0 Å². The second kappa shape index (κ2) is 4.94. The molecule has 0 fully saturated rings. The van der Waals surface area contributed by atoms with Gasteiger partial charge in [0.15, 0.2) is 0 Å². The van der Waals surface area contributed by atoms with E-state index < -0.39 is 10.0 Å². The molecule has 16 heavy (non-hydrogen) atoms. The zero-order chi connectivity index (χ0) is 12.2. The highest BCUT2D eigenvalue weighted by Crippen LogP contribution is 2.09. The van der Waals surface area contributed by atoms with E-state index in [4.69, 9.17) is 0 Å². The van der Waals surface area contributed by atoms with E-state index in [1.54, 1.807) is 19.1 Å². The van der Waals surface area contributed by atoms with Gasteiger partial charge in [0.25, 0.3) is 10.0 Å². The SMILES string of the molecule is C=C(C)/C=N\NS(=O)(=O)c1ccc(C)cc1. The molecule has 1 aromatic carbocycles. The Morgan fingerprint density at radius 3 is 2.44 bits per heavy atom. The maximum atomic E-state index is 11.7. The Bertz CT molecular complexity index is 501. The molecule has 0 bridgehead atoms. The lowest BCUT2D eigenvalue weighted by atomic mass is 10.2. The van der Waals surface area contributed by atoms with Crippen molar-refractivity contribution in [3.8, 4) is 0 Å². The lowest BCUT2D eigenvalue weighted by molar-refractivity contribution is 0.584. The lowest BCUT2D eigenvalue weighted by Crippen LogP contribution is -2.18. The quantitative estimate of drug-likeness (QED) is 0.642. The fraction of sp³-hybridized carbons (Fsp3) is 0.182. The van der Waals surface area contributed by atoms with Gasteiger partial charge < -0.3 is 0 Å². The van der Waals surface area contributed by atoms with Crippen LogP contribution in [-0.2, 0) is 10.0 Å². The number of hydrazone groups is 1. The molecule has 1 rings (SSSR count). The van der Waals surface area contributed by atoms with Crippen molar-refractivity contribution in [1.29, 1.82) is 0 Å². The molecule has 0 saturated carbocycles. The molecule has 0 unspecified atom stereocenters. The van der Waals surface area contributed by atoms with Gasteiger partial charge in [-0.2, -0.15) is 13.5 Å². The standard InChI is InChI=1S/C11H14N2O2S/c1-9(2)8-12-13-16(14,15)11-6-4-10(3)5-7-11/h4-8,13H,1H2,2-3H3/b12-8-. The number of hydrogen-bond donors (Lipinski definition) is 1. The Hall–Kier alpha value is -1.62. The van der Waals surface area contributed by atoms with Crippen molar-refractivity contribution >= 4 is 16.2 Å². The first kappa shape index (κ1) is 12.4. The van der Waals surface area contributed by atoms with Gasteiger partial charge in [0.1, 0.15) is 0 Å². The Kier molecular flexibility index (Phi) is 3.84. The molecule has 0 atom stereocenters. The van der Waals surface area contributed by atoms with E-state index >= 15 is 0 Å². The van der Waals surface area contributed by atoms with Crippen LogP contribution >= 0.6 is 0 Å². The van der Waals surface area contributed by atoms with E-state index in [2.05, 4.69) is 16.5 Å². The van der Waals surface area contributed by atoms with Gasteiger partial charge in [-0.1, -0.05) is 24.3 Å². The summed E-state index contributed by atoms with van der Waals surface area (Å²) in [5, 5.41) is 3.58. The Labute approximate surface area is 95.7 Å². The van der Waals surface area contributed by atoms with Crippen LogP contribution in [-0.4, -0.2) is 14.6 Å². The average molecular weight is 238 g/mol. The summed E-state index contributed by atoms with van der Waals surface area (Å²) in [6.07, 6.45) is 1.35. The van der Waals surface area contributed by atoms with Crippen LogP contribution in [0.5, 0.6) is 0 Å². The van der Waals surface area contributed by atoms with E-state index in [0.717, 1.165) is 5.56 Å². The molecular weight excluding hydrogens is 224 g/mol. The highest BCUT2D eigenvalue weighted by molar-refractivity contribution is 7.89. The van der Waals surface area contributed by atoms with Gasteiger partial charge in [-0.05, 0) is 31.6 Å². The molecule has 1 N–H and O–H groups in total. The number of hydrogen-bond acceptors (Lipinski definition) is 3. The van der Waals surface area contributed by atoms with Crippen LogP contribution in [0.2, 0.25) is 0 Å². The Morgan fingerprint density at radius 2 is 1.94 bits per heavy atom. The van der Waals surface area contributed by atoms with Crippen LogP contribution in [0.15, 0.2) is 46.4 Å². The van der Waals surface area contributed by atoms with Gasteiger partial charge in [0.2, 0.25) is 0 Å². The molecule has 5 heteroatoms. The van der Waals surface area contributed by atoms with Crippen molar-refractivity contribution in [2.24, 2.45) is 5.10 Å². The number of rotatable bonds is 4. The number of sulfonamides is 1. The summed E-state index contributed by atoms with van der Waals surface area (Å²) in [4.78, 5) is 2.30. The van der Waals surface area contributed by atoms with Gasteiger partial charge in [-0.25, -0.2) is 4.83 Å². The molecule has 86 valence electrons. The molecule has 0 aliphatic heterocycles. The summed E-state index contributed by atoms with van der Waals surface area (Å²) in [5.41, 5.74) is 1.68. The molecular formula is C11H14N2O2S. The third-order valence-corrected chi connectivity index (χ3v) is 3.03. The van der Waals surface area contributed by atoms with Crippen LogP contribution in [0, 0.1) is 6.92 Å². The molecule has 0 aliphatic carbocycles. The monoisotopic (exact) mass is 238 g/mol. The van der Waals surface area contributed by atoms with Gasteiger partial charge in [-0.15, -0.1) is 0 Å². The molecule has 4 nitrogen and oxygen atoms in total. The first-order chi connectivity index (χ1) is 7.42. The summed E-state index contributed by atoms with van der Waals surface area (Å²) in [6, 6.07) is 6.54. The largest absolute Gasteiger partial charge is 0.276 e. The average Bonchev–Trinajstić information content (AvgIpc) is 2.17.